The predicted octanol–water partition coefficient (Wildman–Crippen LogP) is 4.48. The molecule has 3 aromatic rings. The molecule has 11 heteroatoms. The van der Waals surface area contributed by atoms with Crippen LogP contribution in [0.25, 0.3) is 0 Å². The van der Waals surface area contributed by atoms with Crippen LogP contribution in [0.1, 0.15) is 22.5 Å². The molecule has 0 atom stereocenters. The Morgan fingerprint density at radius 1 is 1.00 bits per heavy atom. The molecule has 1 aliphatic heterocycles. The van der Waals surface area contributed by atoms with Crippen LogP contribution in [0.4, 0.5) is 5.69 Å². The first-order chi connectivity index (χ1) is 15.3. The van der Waals surface area contributed by atoms with Gasteiger partial charge >= 0.3 is 0 Å². The van der Waals surface area contributed by atoms with Gasteiger partial charge in [0.25, 0.3) is 5.91 Å². The fourth-order valence-electron chi connectivity index (χ4n) is 3.01. The number of carbonyl (C=O) groups excluding carboxylic acids is 1. The van der Waals surface area contributed by atoms with Crippen molar-refractivity contribution < 1.29 is 27.1 Å². The number of nitrogens with one attached hydrogen (secondary N) is 2. The summed E-state index contributed by atoms with van der Waals surface area (Å²) in [5, 5.41) is 2.58. The van der Waals surface area contributed by atoms with Gasteiger partial charge in [0.15, 0.2) is 11.5 Å². The number of amides is 1. The molecule has 1 aliphatic rings. The largest absolute Gasteiger partial charge is 0.490 e. The third-order valence-corrected chi connectivity index (χ3v) is 6.76. The van der Waals surface area contributed by atoms with Gasteiger partial charge in [0, 0.05) is 18.2 Å². The van der Waals surface area contributed by atoms with Crippen molar-refractivity contribution in [3.05, 3.63) is 70.1 Å². The zero-order valence-corrected chi connectivity index (χ0v) is 18.9. The van der Waals surface area contributed by atoms with Crippen LogP contribution in [0.3, 0.4) is 0 Å². The van der Waals surface area contributed by atoms with Gasteiger partial charge in [-0.25, -0.2) is 13.1 Å². The van der Waals surface area contributed by atoms with Crippen LogP contribution in [-0.2, 0) is 16.6 Å². The number of carbonyl (C=O) groups is 1. The van der Waals surface area contributed by atoms with Gasteiger partial charge in [0.05, 0.1) is 41.6 Å². The van der Waals surface area contributed by atoms with E-state index in [2.05, 4.69) is 10.0 Å². The highest BCUT2D eigenvalue weighted by atomic mass is 35.5. The molecule has 168 valence electrons. The molecule has 0 fully saturated rings. The van der Waals surface area contributed by atoms with Gasteiger partial charge in [-0.2, -0.15) is 0 Å². The summed E-state index contributed by atoms with van der Waals surface area (Å²) >= 11 is 12.3. The second kappa shape index (κ2) is 9.41. The molecule has 0 aliphatic carbocycles. The molecule has 0 spiro atoms. The molecular formula is C21H18Cl2N2O6S. The van der Waals surface area contributed by atoms with Gasteiger partial charge in [-0.3, -0.25) is 4.79 Å². The van der Waals surface area contributed by atoms with Gasteiger partial charge in [-0.1, -0.05) is 23.2 Å². The smallest absolute Gasteiger partial charge is 0.257 e. The van der Waals surface area contributed by atoms with Crippen molar-refractivity contribution in [2.24, 2.45) is 0 Å². The first-order valence-corrected chi connectivity index (χ1v) is 11.8. The second-order valence-electron chi connectivity index (χ2n) is 6.83. The zero-order valence-electron chi connectivity index (χ0n) is 16.6. The van der Waals surface area contributed by atoms with E-state index in [1.54, 1.807) is 30.3 Å². The number of halogens is 2. The molecule has 2 aromatic carbocycles. The lowest BCUT2D eigenvalue weighted by molar-refractivity contribution is 0.102. The number of ether oxygens (including phenoxy) is 2. The van der Waals surface area contributed by atoms with E-state index in [9.17, 15) is 13.2 Å². The maximum atomic E-state index is 12.9. The van der Waals surface area contributed by atoms with Crippen LogP contribution in [0.2, 0.25) is 10.0 Å². The second-order valence-corrected chi connectivity index (χ2v) is 9.38. The normalized spacial score (nSPS) is 13.4. The standard InChI is InChI=1S/C21H18Cl2N2O6S/c22-16-11-17(23)20(32(27,28)24-12-14-3-1-6-29-14)10-15(16)21(26)25-13-4-5-18-19(9-13)31-8-2-7-30-18/h1,3-6,9-11,24H,2,7-8,12H2,(H,25,26). The minimum Gasteiger partial charge on any atom is -0.490 e. The maximum Gasteiger partial charge on any atom is 0.257 e. The monoisotopic (exact) mass is 496 g/mol. The number of furan rings is 1. The van der Waals surface area contributed by atoms with Crippen molar-refractivity contribution in [3.8, 4) is 11.5 Å². The lowest BCUT2D eigenvalue weighted by atomic mass is 10.2. The Morgan fingerprint density at radius 3 is 2.53 bits per heavy atom. The average molecular weight is 497 g/mol. The molecule has 32 heavy (non-hydrogen) atoms. The Hall–Kier alpha value is -2.72. The van der Waals surface area contributed by atoms with E-state index in [0.29, 0.717) is 36.2 Å². The summed E-state index contributed by atoms with van der Waals surface area (Å²) in [4.78, 5) is 12.6. The number of sulfonamides is 1. The molecule has 0 unspecified atom stereocenters. The number of fused-ring (bicyclic) bond motifs is 1. The van der Waals surface area contributed by atoms with Crippen LogP contribution in [-0.4, -0.2) is 27.5 Å². The third kappa shape index (κ3) is 5.02. The van der Waals surface area contributed by atoms with Gasteiger partial charge in [-0.15, -0.1) is 0 Å². The fourth-order valence-corrected chi connectivity index (χ4v) is 4.86. The van der Waals surface area contributed by atoms with Crippen molar-refractivity contribution in [1.82, 2.24) is 4.72 Å². The highest BCUT2D eigenvalue weighted by molar-refractivity contribution is 7.89. The molecule has 2 heterocycles. The highest BCUT2D eigenvalue weighted by Crippen LogP contribution is 2.33. The lowest BCUT2D eigenvalue weighted by Gasteiger charge is -2.13. The van der Waals surface area contributed by atoms with Crippen molar-refractivity contribution in [3.63, 3.8) is 0 Å². The molecule has 0 bridgehead atoms. The summed E-state index contributed by atoms with van der Waals surface area (Å²) in [6, 6.07) is 10.6. The van der Waals surface area contributed by atoms with E-state index in [0.717, 1.165) is 12.5 Å². The Morgan fingerprint density at radius 2 is 1.78 bits per heavy atom. The van der Waals surface area contributed by atoms with Gasteiger partial charge in [0.2, 0.25) is 10.0 Å². The number of benzene rings is 2. The topological polar surface area (TPSA) is 107 Å². The van der Waals surface area contributed by atoms with Crippen LogP contribution in [0.5, 0.6) is 11.5 Å². The van der Waals surface area contributed by atoms with Crippen LogP contribution < -0.4 is 19.5 Å². The quantitative estimate of drug-likeness (QED) is 0.520. The number of rotatable bonds is 6. The number of hydrogen-bond donors (Lipinski definition) is 2. The lowest BCUT2D eigenvalue weighted by Crippen LogP contribution is -2.24. The minimum absolute atomic E-state index is 0.00632. The van der Waals surface area contributed by atoms with Gasteiger partial charge in [0.1, 0.15) is 10.7 Å². The first kappa shape index (κ1) is 22.5. The summed E-state index contributed by atoms with van der Waals surface area (Å²) in [5.41, 5.74) is 0.382. The van der Waals surface area contributed by atoms with Crippen molar-refractivity contribution in [2.75, 3.05) is 18.5 Å². The van der Waals surface area contributed by atoms with E-state index in [1.165, 1.54) is 12.3 Å². The van der Waals surface area contributed by atoms with Crippen LogP contribution in [0, 0.1) is 0 Å². The third-order valence-electron chi connectivity index (χ3n) is 4.58. The molecule has 1 aromatic heterocycles. The number of anilines is 1. The maximum absolute atomic E-state index is 12.9. The van der Waals surface area contributed by atoms with E-state index >= 15 is 0 Å². The Kier molecular flexibility index (Phi) is 6.61. The van der Waals surface area contributed by atoms with E-state index in [1.807, 2.05) is 0 Å². The molecule has 1 amide bonds. The van der Waals surface area contributed by atoms with E-state index < -0.39 is 15.9 Å². The number of hydrogen-bond acceptors (Lipinski definition) is 6. The first-order valence-electron chi connectivity index (χ1n) is 9.55. The van der Waals surface area contributed by atoms with Crippen LogP contribution in [0.15, 0.2) is 58.0 Å². The molecule has 0 saturated heterocycles. The van der Waals surface area contributed by atoms with Gasteiger partial charge < -0.3 is 19.2 Å². The highest BCUT2D eigenvalue weighted by Gasteiger charge is 2.23. The molecule has 0 radical (unpaired) electrons. The Labute approximate surface area is 194 Å². The average Bonchev–Trinajstić information content (AvgIpc) is 3.16. The molecule has 2 N–H and O–H groups in total. The summed E-state index contributed by atoms with van der Waals surface area (Å²) in [5.74, 6) is 0.906. The summed E-state index contributed by atoms with van der Waals surface area (Å²) in [7, 11) is -4.05. The fraction of sp³-hybridized carbons (Fsp3) is 0.190. The minimum atomic E-state index is -4.05. The summed E-state index contributed by atoms with van der Waals surface area (Å²) < 4.78 is 44.2. The SMILES string of the molecule is O=C(Nc1ccc2c(c1)OCCCO2)c1cc(S(=O)(=O)NCc2ccco2)c(Cl)cc1Cl. The zero-order chi connectivity index (χ0) is 22.7. The van der Waals surface area contributed by atoms with Crippen LogP contribution >= 0.6 is 23.2 Å². The van der Waals surface area contributed by atoms with E-state index in [-0.39, 0.29) is 27.0 Å². The summed E-state index contributed by atoms with van der Waals surface area (Å²) in [6.07, 6.45) is 2.18. The van der Waals surface area contributed by atoms with E-state index in [4.69, 9.17) is 37.1 Å². The predicted molar refractivity (Wildman–Crippen MR) is 119 cm³/mol. The molecular weight excluding hydrogens is 479 g/mol. The van der Waals surface area contributed by atoms with Crippen molar-refractivity contribution in [2.45, 2.75) is 17.9 Å². The molecule has 4 rings (SSSR count). The summed E-state index contributed by atoms with van der Waals surface area (Å²) in [6.45, 7) is 0.969. The van der Waals surface area contributed by atoms with Gasteiger partial charge in [-0.05, 0) is 36.4 Å². The molecule has 0 saturated carbocycles. The van der Waals surface area contributed by atoms with Crippen molar-refractivity contribution in [1.29, 1.82) is 0 Å². The molecule has 8 nitrogen and oxygen atoms in total. The van der Waals surface area contributed by atoms with Crippen molar-refractivity contribution >= 4 is 44.8 Å². The Balaban J connectivity index is 1.57. The Bertz CT molecular complexity index is 1250.